The predicted molar refractivity (Wildman–Crippen MR) is 101 cm³/mol. The molecule has 1 aromatic carbocycles. The van der Waals surface area contributed by atoms with Crippen LogP contribution in [-0.4, -0.2) is 48.6 Å². The number of methoxy groups -OCH3 is 1. The molecule has 0 saturated carbocycles. The first kappa shape index (κ1) is 18.3. The monoisotopic (exact) mass is 357 g/mol. The molecule has 2 amide bonds. The highest BCUT2D eigenvalue weighted by Crippen LogP contribution is 2.30. The maximum absolute atomic E-state index is 12.7. The summed E-state index contributed by atoms with van der Waals surface area (Å²) in [5.74, 6) is 0.387. The van der Waals surface area contributed by atoms with Crippen molar-refractivity contribution in [3.63, 3.8) is 0 Å². The molecule has 1 unspecified atom stereocenters. The van der Waals surface area contributed by atoms with Crippen LogP contribution in [0.5, 0.6) is 0 Å². The standard InChI is InChI=1S/C20H27N3O3/c1-3-14(13-21-20(25)26-2)19(24)23-10-8-15(9-11-23)18-12-16-6-4-5-7-17(16)22-18/h4-7,12,14-15,22H,3,8-11,13H2,1-2H3,(H,21,25). The van der Waals surface area contributed by atoms with Gasteiger partial charge in [-0.15, -0.1) is 0 Å². The summed E-state index contributed by atoms with van der Waals surface area (Å²) in [5, 5.41) is 3.88. The molecule has 0 radical (unpaired) electrons. The van der Waals surface area contributed by atoms with E-state index in [4.69, 9.17) is 0 Å². The van der Waals surface area contributed by atoms with Crippen LogP contribution in [0.4, 0.5) is 4.79 Å². The molecule has 1 atom stereocenters. The zero-order chi connectivity index (χ0) is 18.5. The molecule has 1 aliphatic rings. The van der Waals surface area contributed by atoms with Gasteiger partial charge in [0.15, 0.2) is 0 Å². The van der Waals surface area contributed by atoms with E-state index < -0.39 is 6.09 Å². The number of hydrogen-bond donors (Lipinski definition) is 2. The number of amides is 2. The van der Waals surface area contributed by atoms with Crippen molar-refractivity contribution in [2.75, 3.05) is 26.7 Å². The van der Waals surface area contributed by atoms with Crippen LogP contribution in [0.2, 0.25) is 0 Å². The fourth-order valence-electron chi connectivity index (χ4n) is 3.67. The molecule has 1 aromatic heterocycles. The van der Waals surface area contributed by atoms with Crippen LogP contribution in [0.3, 0.4) is 0 Å². The van der Waals surface area contributed by atoms with Gasteiger partial charge in [0, 0.05) is 36.8 Å². The minimum atomic E-state index is -0.492. The Bertz CT molecular complexity index is 730. The Balaban J connectivity index is 1.56. The third kappa shape index (κ3) is 4.00. The van der Waals surface area contributed by atoms with Crippen LogP contribution >= 0.6 is 0 Å². The van der Waals surface area contributed by atoms with Crippen molar-refractivity contribution in [1.82, 2.24) is 15.2 Å². The van der Waals surface area contributed by atoms with E-state index in [1.165, 1.54) is 23.7 Å². The van der Waals surface area contributed by atoms with E-state index in [-0.39, 0.29) is 11.8 Å². The van der Waals surface area contributed by atoms with Crippen LogP contribution in [0.25, 0.3) is 10.9 Å². The van der Waals surface area contributed by atoms with E-state index in [0.29, 0.717) is 18.9 Å². The molecule has 6 nitrogen and oxygen atoms in total. The molecule has 6 heteroatoms. The van der Waals surface area contributed by atoms with Gasteiger partial charge in [-0.25, -0.2) is 4.79 Å². The fraction of sp³-hybridized carbons (Fsp3) is 0.500. The van der Waals surface area contributed by atoms with E-state index in [1.54, 1.807) is 0 Å². The third-order valence-electron chi connectivity index (χ3n) is 5.32. The third-order valence-corrected chi connectivity index (χ3v) is 5.32. The zero-order valence-corrected chi connectivity index (χ0v) is 15.5. The average molecular weight is 357 g/mol. The Morgan fingerprint density at radius 2 is 2.04 bits per heavy atom. The number of nitrogens with zero attached hydrogens (tertiary/aromatic N) is 1. The van der Waals surface area contributed by atoms with E-state index in [2.05, 4.69) is 39.3 Å². The normalized spacial score (nSPS) is 16.5. The topological polar surface area (TPSA) is 74.4 Å². The quantitative estimate of drug-likeness (QED) is 0.862. The first-order chi connectivity index (χ1) is 12.6. The molecule has 1 aliphatic heterocycles. The van der Waals surface area contributed by atoms with Crippen LogP contribution in [0.15, 0.2) is 30.3 Å². The largest absolute Gasteiger partial charge is 0.453 e. The van der Waals surface area contributed by atoms with Gasteiger partial charge in [0.1, 0.15) is 0 Å². The van der Waals surface area contributed by atoms with Gasteiger partial charge < -0.3 is 19.9 Å². The molecule has 26 heavy (non-hydrogen) atoms. The summed E-state index contributed by atoms with van der Waals surface area (Å²) in [6.07, 6.45) is 2.12. The second-order valence-corrected chi connectivity index (χ2v) is 6.89. The van der Waals surface area contributed by atoms with Crippen molar-refractivity contribution in [2.45, 2.75) is 32.1 Å². The number of aromatic amines is 1. The summed E-state index contributed by atoms with van der Waals surface area (Å²) >= 11 is 0. The Morgan fingerprint density at radius 1 is 1.31 bits per heavy atom. The second kappa shape index (κ2) is 8.25. The highest BCUT2D eigenvalue weighted by molar-refractivity contribution is 5.81. The molecule has 2 aromatic rings. The molecule has 0 spiro atoms. The number of nitrogens with one attached hydrogen (secondary N) is 2. The summed E-state index contributed by atoms with van der Waals surface area (Å²) < 4.78 is 4.58. The lowest BCUT2D eigenvalue weighted by atomic mass is 9.92. The number of rotatable bonds is 5. The Morgan fingerprint density at radius 3 is 2.69 bits per heavy atom. The molecule has 3 rings (SSSR count). The summed E-state index contributed by atoms with van der Waals surface area (Å²) in [6.45, 7) is 3.81. The van der Waals surface area contributed by atoms with Crippen molar-refractivity contribution < 1.29 is 14.3 Å². The number of ether oxygens (including phenoxy) is 1. The fourth-order valence-corrected chi connectivity index (χ4v) is 3.67. The van der Waals surface area contributed by atoms with Gasteiger partial charge >= 0.3 is 6.09 Å². The van der Waals surface area contributed by atoms with Gasteiger partial charge in [-0.2, -0.15) is 0 Å². The molecule has 0 bridgehead atoms. The first-order valence-electron chi connectivity index (χ1n) is 9.30. The van der Waals surface area contributed by atoms with Crippen LogP contribution in [0, 0.1) is 5.92 Å². The van der Waals surface area contributed by atoms with Gasteiger partial charge in [-0.1, -0.05) is 25.1 Å². The Hall–Kier alpha value is -2.50. The van der Waals surface area contributed by atoms with Gasteiger partial charge in [0.05, 0.1) is 13.0 Å². The van der Waals surface area contributed by atoms with Crippen LogP contribution < -0.4 is 5.32 Å². The second-order valence-electron chi connectivity index (χ2n) is 6.89. The smallest absolute Gasteiger partial charge is 0.406 e. The number of likely N-dealkylation sites (tertiary alicyclic amines) is 1. The number of piperidine rings is 1. The van der Waals surface area contributed by atoms with Crippen molar-refractivity contribution in [2.24, 2.45) is 5.92 Å². The van der Waals surface area contributed by atoms with Gasteiger partial charge in [0.25, 0.3) is 0 Å². The Labute approximate surface area is 153 Å². The number of carbonyl (C=O) groups excluding carboxylic acids is 2. The van der Waals surface area contributed by atoms with Gasteiger partial charge in [0.2, 0.25) is 5.91 Å². The number of benzene rings is 1. The maximum atomic E-state index is 12.7. The van der Waals surface area contributed by atoms with Crippen molar-refractivity contribution in [3.8, 4) is 0 Å². The van der Waals surface area contributed by atoms with Crippen molar-refractivity contribution >= 4 is 22.9 Å². The van der Waals surface area contributed by atoms with Gasteiger partial charge in [-0.3, -0.25) is 4.79 Å². The van der Waals surface area contributed by atoms with Crippen molar-refractivity contribution in [3.05, 3.63) is 36.0 Å². The minimum absolute atomic E-state index is 0.124. The molecule has 2 heterocycles. The molecular formula is C20H27N3O3. The molecule has 0 aliphatic carbocycles. The molecule has 1 saturated heterocycles. The van der Waals surface area contributed by atoms with Crippen molar-refractivity contribution in [1.29, 1.82) is 0 Å². The lowest BCUT2D eigenvalue weighted by molar-refractivity contribution is -0.136. The predicted octanol–water partition coefficient (Wildman–Crippen LogP) is 3.26. The number of H-pyrrole nitrogens is 1. The SMILES string of the molecule is CCC(CNC(=O)OC)C(=O)N1CCC(c2cc3ccccc3[nH]2)CC1. The van der Waals surface area contributed by atoms with Gasteiger partial charge in [-0.05, 0) is 36.8 Å². The molecule has 1 fully saturated rings. The van der Waals surface area contributed by atoms with Crippen LogP contribution in [-0.2, 0) is 9.53 Å². The molecule has 2 N–H and O–H groups in total. The van der Waals surface area contributed by atoms with Crippen LogP contribution in [0.1, 0.15) is 37.8 Å². The number of para-hydroxylation sites is 1. The lowest BCUT2D eigenvalue weighted by Crippen LogP contribution is -2.44. The number of alkyl carbamates (subject to hydrolysis) is 1. The lowest BCUT2D eigenvalue weighted by Gasteiger charge is -2.34. The highest BCUT2D eigenvalue weighted by Gasteiger charge is 2.28. The summed E-state index contributed by atoms with van der Waals surface area (Å²) in [7, 11) is 1.33. The van der Waals surface area contributed by atoms with E-state index in [1.807, 2.05) is 17.9 Å². The number of fused-ring (bicyclic) bond motifs is 1. The highest BCUT2D eigenvalue weighted by atomic mass is 16.5. The van der Waals surface area contributed by atoms with E-state index >= 15 is 0 Å². The van der Waals surface area contributed by atoms with E-state index in [0.717, 1.165) is 25.9 Å². The number of hydrogen-bond acceptors (Lipinski definition) is 3. The molecular weight excluding hydrogens is 330 g/mol. The summed E-state index contributed by atoms with van der Waals surface area (Å²) in [4.78, 5) is 29.4. The summed E-state index contributed by atoms with van der Waals surface area (Å²) in [5.41, 5.74) is 2.43. The maximum Gasteiger partial charge on any atom is 0.406 e. The zero-order valence-electron chi connectivity index (χ0n) is 15.5. The van der Waals surface area contributed by atoms with E-state index in [9.17, 15) is 9.59 Å². The number of carbonyl (C=O) groups is 2. The average Bonchev–Trinajstić information content (AvgIpc) is 3.12. The molecule has 140 valence electrons. The first-order valence-corrected chi connectivity index (χ1v) is 9.30. The number of aromatic nitrogens is 1. The summed E-state index contributed by atoms with van der Waals surface area (Å²) in [6, 6.07) is 10.5. The minimum Gasteiger partial charge on any atom is -0.453 e. The Kier molecular flexibility index (Phi) is 5.81.